The van der Waals surface area contributed by atoms with Crippen LogP contribution in [-0.2, 0) is 10.0 Å². The average molecular weight is 468 g/mol. The summed E-state index contributed by atoms with van der Waals surface area (Å²) in [6, 6.07) is 10.2. The van der Waals surface area contributed by atoms with Crippen LogP contribution < -0.4 is 5.32 Å². The number of rotatable bonds is 7. The number of nitrogens with one attached hydrogen (secondary N) is 1. The van der Waals surface area contributed by atoms with Crippen LogP contribution in [0.4, 0.5) is 11.4 Å². The second-order valence-corrected chi connectivity index (χ2v) is 9.13. The number of Topliss-reactive ketones (excluding diaryl/α,β-unsaturated/α-hetero) is 1. The number of carbonyl (C=O) groups is 1. The number of ketones is 1. The maximum absolute atomic E-state index is 12.7. The minimum atomic E-state index is -3.59. The van der Waals surface area contributed by atoms with Crippen LogP contribution in [0.1, 0.15) is 23.2 Å². The van der Waals surface area contributed by atoms with Gasteiger partial charge in [-0.25, -0.2) is 8.42 Å². The fraction of sp³-hybridized carbons (Fsp3) is 0.278. The maximum atomic E-state index is 12.7. The summed E-state index contributed by atoms with van der Waals surface area (Å²) in [6.07, 6.45) is 1.68. The molecule has 0 unspecified atom stereocenters. The van der Waals surface area contributed by atoms with Gasteiger partial charge in [-0.2, -0.15) is 4.31 Å². The molecular formula is C18H18BrN3O5S. The summed E-state index contributed by atoms with van der Waals surface area (Å²) in [5.41, 5.74) is 0.745. The monoisotopic (exact) mass is 467 g/mol. The Labute approximate surface area is 170 Å². The SMILES string of the molecule is O=C(CNc1ccc([N+](=O)[O-])cc1Br)c1cccc(S(=O)(=O)N2CCCC2)c1. The van der Waals surface area contributed by atoms with Crippen LogP contribution in [0.2, 0.25) is 0 Å². The molecule has 2 aromatic rings. The van der Waals surface area contributed by atoms with Crippen LogP contribution in [-0.4, -0.2) is 43.1 Å². The molecular weight excluding hydrogens is 450 g/mol. The molecule has 1 aliphatic heterocycles. The highest BCUT2D eigenvalue weighted by atomic mass is 79.9. The van der Waals surface area contributed by atoms with Gasteiger partial charge in [0.1, 0.15) is 0 Å². The molecule has 0 aromatic heterocycles. The Kier molecular flexibility index (Phi) is 6.11. The highest BCUT2D eigenvalue weighted by molar-refractivity contribution is 9.10. The molecule has 0 bridgehead atoms. The molecule has 1 saturated heterocycles. The standard InChI is InChI=1S/C18H18BrN3O5S/c19-16-11-14(22(24)25)6-7-17(16)20-12-18(23)13-4-3-5-15(10-13)28(26,27)21-8-1-2-9-21/h3-7,10-11,20H,1-2,8-9,12H2. The summed E-state index contributed by atoms with van der Waals surface area (Å²) in [4.78, 5) is 22.9. The van der Waals surface area contributed by atoms with E-state index in [1.807, 2.05) is 0 Å². The molecule has 148 valence electrons. The van der Waals surface area contributed by atoms with Gasteiger partial charge in [-0.05, 0) is 47.0 Å². The van der Waals surface area contributed by atoms with Gasteiger partial charge in [0.05, 0.1) is 16.4 Å². The summed E-state index contributed by atoms with van der Waals surface area (Å²) < 4.78 is 27.2. The lowest BCUT2D eigenvalue weighted by molar-refractivity contribution is -0.384. The molecule has 0 radical (unpaired) electrons. The third-order valence-corrected chi connectivity index (χ3v) is 7.01. The van der Waals surface area contributed by atoms with Crippen LogP contribution in [0.25, 0.3) is 0 Å². The van der Waals surface area contributed by atoms with Gasteiger partial charge in [-0.15, -0.1) is 0 Å². The van der Waals surface area contributed by atoms with Gasteiger partial charge in [-0.3, -0.25) is 14.9 Å². The maximum Gasteiger partial charge on any atom is 0.270 e. The van der Waals surface area contributed by atoms with E-state index in [4.69, 9.17) is 0 Å². The largest absolute Gasteiger partial charge is 0.377 e. The van der Waals surface area contributed by atoms with Crippen LogP contribution in [0.3, 0.4) is 0 Å². The Bertz CT molecular complexity index is 1020. The zero-order valence-electron chi connectivity index (χ0n) is 14.8. The minimum Gasteiger partial charge on any atom is -0.377 e. The van der Waals surface area contributed by atoms with Crippen molar-refractivity contribution in [2.24, 2.45) is 0 Å². The number of sulfonamides is 1. The number of non-ortho nitro benzene ring substituents is 1. The number of nitro benzene ring substituents is 1. The molecule has 0 aliphatic carbocycles. The van der Waals surface area contributed by atoms with Crippen molar-refractivity contribution in [1.82, 2.24) is 4.31 Å². The van der Waals surface area contributed by atoms with Crippen molar-refractivity contribution in [1.29, 1.82) is 0 Å². The molecule has 0 amide bonds. The molecule has 8 nitrogen and oxygen atoms in total. The zero-order valence-corrected chi connectivity index (χ0v) is 17.2. The number of carbonyl (C=O) groups excluding carboxylic acids is 1. The third kappa shape index (κ3) is 4.40. The Hall–Kier alpha value is -2.30. The van der Waals surface area contributed by atoms with Gasteiger partial charge in [0.2, 0.25) is 10.0 Å². The lowest BCUT2D eigenvalue weighted by Gasteiger charge is -2.16. The molecule has 0 atom stereocenters. The van der Waals surface area contributed by atoms with Crippen LogP contribution in [0.5, 0.6) is 0 Å². The molecule has 2 aromatic carbocycles. The van der Waals surface area contributed by atoms with Gasteiger partial charge >= 0.3 is 0 Å². The van der Waals surface area contributed by atoms with E-state index < -0.39 is 14.9 Å². The van der Waals surface area contributed by atoms with Crippen molar-refractivity contribution >= 4 is 43.1 Å². The van der Waals surface area contributed by atoms with E-state index in [2.05, 4.69) is 21.2 Å². The Balaban J connectivity index is 1.72. The summed E-state index contributed by atoms with van der Waals surface area (Å²) in [5, 5.41) is 13.7. The topological polar surface area (TPSA) is 110 Å². The first-order valence-electron chi connectivity index (χ1n) is 8.60. The van der Waals surface area contributed by atoms with Crippen molar-refractivity contribution in [2.75, 3.05) is 25.0 Å². The Morgan fingerprint density at radius 3 is 2.54 bits per heavy atom. The molecule has 1 fully saturated rings. The van der Waals surface area contributed by atoms with E-state index in [-0.39, 0.29) is 28.5 Å². The normalized spacial score (nSPS) is 14.8. The summed E-state index contributed by atoms with van der Waals surface area (Å²) in [5.74, 6) is -0.288. The van der Waals surface area contributed by atoms with Crippen molar-refractivity contribution in [3.8, 4) is 0 Å². The first kappa shape index (κ1) is 20.4. The number of hydrogen-bond acceptors (Lipinski definition) is 6. The second-order valence-electron chi connectivity index (χ2n) is 6.34. The van der Waals surface area contributed by atoms with Crippen LogP contribution in [0, 0.1) is 10.1 Å². The number of benzene rings is 2. The predicted octanol–water partition coefficient (Wildman–Crippen LogP) is 3.44. The molecule has 0 spiro atoms. The number of hydrogen-bond donors (Lipinski definition) is 1. The molecule has 10 heteroatoms. The smallest absolute Gasteiger partial charge is 0.270 e. The molecule has 1 N–H and O–H groups in total. The molecule has 1 heterocycles. The quantitative estimate of drug-likeness (QED) is 0.379. The van der Waals surface area contributed by atoms with Crippen molar-refractivity contribution in [2.45, 2.75) is 17.7 Å². The zero-order chi connectivity index (χ0) is 20.3. The number of nitrogens with zero attached hydrogens (tertiary/aromatic N) is 2. The summed E-state index contributed by atoms with van der Waals surface area (Å²) in [7, 11) is -3.59. The lowest BCUT2D eigenvalue weighted by Crippen LogP contribution is -2.28. The Morgan fingerprint density at radius 2 is 1.89 bits per heavy atom. The summed E-state index contributed by atoms with van der Waals surface area (Å²) >= 11 is 3.23. The van der Waals surface area contributed by atoms with Gasteiger partial charge in [0, 0.05) is 40.9 Å². The molecule has 28 heavy (non-hydrogen) atoms. The molecule has 1 aliphatic rings. The lowest BCUT2D eigenvalue weighted by atomic mass is 10.1. The van der Waals surface area contributed by atoms with Crippen LogP contribution >= 0.6 is 15.9 Å². The van der Waals surface area contributed by atoms with E-state index in [0.717, 1.165) is 12.8 Å². The van der Waals surface area contributed by atoms with Gasteiger partial charge in [0.15, 0.2) is 5.78 Å². The highest BCUT2D eigenvalue weighted by Gasteiger charge is 2.27. The predicted molar refractivity (Wildman–Crippen MR) is 108 cm³/mol. The van der Waals surface area contributed by atoms with Gasteiger partial charge in [-0.1, -0.05) is 12.1 Å². The third-order valence-electron chi connectivity index (χ3n) is 4.46. The number of halogens is 1. The van der Waals surface area contributed by atoms with E-state index in [1.165, 1.54) is 34.6 Å². The fourth-order valence-electron chi connectivity index (χ4n) is 2.95. The fourth-order valence-corrected chi connectivity index (χ4v) is 5.02. The highest BCUT2D eigenvalue weighted by Crippen LogP contribution is 2.27. The van der Waals surface area contributed by atoms with Gasteiger partial charge < -0.3 is 5.32 Å². The second kappa shape index (κ2) is 8.38. The molecule has 0 saturated carbocycles. The first-order valence-corrected chi connectivity index (χ1v) is 10.8. The van der Waals surface area contributed by atoms with E-state index in [9.17, 15) is 23.3 Å². The number of anilines is 1. The average Bonchev–Trinajstić information content (AvgIpc) is 3.22. The minimum absolute atomic E-state index is 0.0661. The van der Waals surface area contributed by atoms with Crippen molar-refractivity contribution in [3.63, 3.8) is 0 Å². The van der Waals surface area contributed by atoms with E-state index >= 15 is 0 Å². The number of nitro groups is 1. The van der Waals surface area contributed by atoms with Crippen molar-refractivity contribution in [3.05, 3.63) is 62.6 Å². The molecule has 3 rings (SSSR count). The van der Waals surface area contributed by atoms with Gasteiger partial charge in [0.25, 0.3) is 5.69 Å². The summed E-state index contributed by atoms with van der Waals surface area (Å²) in [6.45, 7) is 0.913. The first-order chi connectivity index (χ1) is 13.3. The van der Waals surface area contributed by atoms with Crippen molar-refractivity contribution < 1.29 is 18.1 Å². The van der Waals surface area contributed by atoms with Crippen LogP contribution in [0.15, 0.2) is 51.8 Å². The van der Waals surface area contributed by atoms with E-state index in [0.29, 0.717) is 23.2 Å². The van der Waals surface area contributed by atoms with E-state index in [1.54, 1.807) is 12.1 Å². The Morgan fingerprint density at radius 1 is 1.18 bits per heavy atom.